The van der Waals surface area contributed by atoms with Crippen molar-refractivity contribution in [2.75, 3.05) is 13.2 Å². The largest absolute Gasteiger partial charge is 0.397 e. The van der Waals surface area contributed by atoms with Gasteiger partial charge in [-0.3, -0.25) is 0 Å². The molecule has 0 aromatic heterocycles. The van der Waals surface area contributed by atoms with E-state index in [0.717, 1.165) is 6.42 Å². The van der Waals surface area contributed by atoms with Crippen LogP contribution in [0.4, 0.5) is 0 Å². The highest BCUT2D eigenvalue weighted by molar-refractivity contribution is 5.75. The molecule has 0 spiro atoms. The second-order valence-corrected chi connectivity index (χ2v) is 1.04. The van der Waals surface area contributed by atoms with Crippen molar-refractivity contribution in [2.45, 2.75) is 20.3 Å². The molecule has 3 heteroatoms. The van der Waals surface area contributed by atoms with E-state index in [4.69, 9.17) is 10.2 Å². The minimum absolute atomic E-state index is 0. The molecule has 0 aromatic rings. The fourth-order valence-corrected chi connectivity index (χ4v) is 0. The average Bonchev–Trinajstić information content (AvgIpc) is 1.69. The summed E-state index contributed by atoms with van der Waals surface area (Å²) in [5.41, 5.74) is 0. The number of aliphatic hydroxyl groups is 2. The quantitative estimate of drug-likeness (QED) is 0.471. The molecule has 0 heterocycles. The van der Waals surface area contributed by atoms with Gasteiger partial charge in [-0.2, -0.15) is 0 Å². The van der Waals surface area contributed by atoms with E-state index in [-0.39, 0.29) is 29.7 Å². The van der Waals surface area contributed by atoms with E-state index >= 15 is 0 Å². The molecule has 50 valence electrons. The Morgan fingerprint density at radius 3 is 1.25 bits per heavy atom. The van der Waals surface area contributed by atoms with Crippen molar-refractivity contribution in [3.8, 4) is 0 Å². The first-order valence-corrected chi connectivity index (χ1v) is 2.55. The van der Waals surface area contributed by atoms with Gasteiger partial charge in [-0.05, 0) is 13.3 Å². The second-order valence-electron chi connectivity index (χ2n) is 1.04. The maximum atomic E-state index is 7.88. The number of rotatable bonds is 1. The van der Waals surface area contributed by atoms with Crippen LogP contribution in [0.5, 0.6) is 0 Å². The molecule has 0 aliphatic heterocycles. The highest BCUT2D eigenvalue weighted by Gasteiger charge is 1.57. The summed E-state index contributed by atoms with van der Waals surface area (Å²) in [7, 11) is 0. The molecule has 0 saturated carbocycles. The van der Waals surface area contributed by atoms with Gasteiger partial charge in [-0.1, -0.05) is 6.92 Å². The molecular weight excluding hydrogens is 116 g/mol. The molecule has 0 aliphatic carbocycles. The molecule has 0 atom stereocenters. The third kappa shape index (κ3) is 76.0. The second kappa shape index (κ2) is 25.3. The van der Waals surface area contributed by atoms with Gasteiger partial charge in [0.25, 0.3) is 0 Å². The first kappa shape index (κ1) is 15.9. The molecule has 0 unspecified atom stereocenters. The van der Waals surface area contributed by atoms with Gasteiger partial charge in [0.15, 0.2) is 0 Å². The monoisotopic (exact) mass is 132 g/mol. The Balaban J connectivity index is -0.0000000575. The van der Waals surface area contributed by atoms with Crippen molar-refractivity contribution >= 4 is 23.1 Å². The molecule has 0 bridgehead atoms. The molecule has 0 aromatic carbocycles. The van der Waals surface area contributed by atoms with Crippen molar-refractivity contribution in [3.63, 3.8) is 0 Å². The van der Waals surface area contributed by atoms with Gasteiger partial charge in [0, 0.05) is 13.2 Å². The van der Waals surface area contributed by atoms with Crippen molar-refractivity contribution in [1.82, 2.24) is 0 Å². The molecule has 8 heavy (non-hydrogen) atoms. The van der Waals surface area contributed by atoms with E-state index < -0.39 is 0 Å². The lowest BCUT2D eigenvalue weighted by Crippen LogP contribution is -1.69. The molecular formula is C5H16MgO2. The lowest BCUT2D eigenvalue weighted by atomic mass is 10.5. The summed E-state index contributed by atoms with van der Waals surface area (Å²) in [6.07, 6.45) is 0.875. The van der Waals surface area contributed by atoms with Crippen LogP contribution in [0.3, 0.4) is 0 Å². The van der Waals surface area contributed by atoms with Crippen LogP contribution in [-0.2, 0) is 0 Å². The highest BCUT2D eigenvalue weighted by Crippen LogP contribution is 1.61. The van der Waals surface area contributed by atoms with Gasteiger partial charge in [-0.25, -0.2) is 0 Å². The average molecular weight is 132 g/mol. The zero-order valence-corrected chi connectivity index (χ0v) is 5.02. The van der Waals surface area contributed by atoms with E-state index in [1.54, 1.807) is 6.92 Å². The van der Waals surface area contributed by atoms with Crippen molar-refractivity contribution < 1.29 is 10.2 Å². The molecule has 0 fully saturated rings. The third-order valence-electron chi connectivity index (χ3n) is 0.224. The summed E-state index contributed by atoms with van der Waals surface area (Å²) in [6.45, 7) is 4.18. The maximum absolute atomic E-state index is 7.88. The van der Waals surface area contributed by atoms with Gasteiger partial charge >= 0.3 is 23.1 Å². The van der Waals surface area contributed by atoms with Crippen LogP contribution in [-0.4, -0.2) is 46.5 Å². The standard InChI is InChI=1S/C3H8O.C2H6O.Mg.2H/c1-2-3-4;1-2-3;;;/h4H,2-3H2,1H3;3H,2H2,1H3;;;. The highest BCUT2D eigenvalue weighted by atomic mass is 24.3. The minimum atomic E-state index is 0. The predicted molar refractivity (Wildman–Crippen MR) is 38.7 cm³/mol. The summed E-state index contributed by atoms with van der Waals surface area (Å²) >= 11 is 0. The lowest BCUT2D eigenvalue weighted by molar-refractivity contribution is 0.295. The number of hydrogen-bond acceptors (Lipinski definition) is 2. The predicted octanol–water partition coefficient (Wildman–Crippen LogP) is -0.529. The number of aliphatic hydroxyl groups excluding tert-OH is 2. The lowest BCUT2D eigenvalue weighted by Gasteiger charge is -1.69. The molecule has 0 rings (SSSR count). The Morgan fingerprint density at radius 2 is 1.25 bits per heavy atom. The molecule has 0 saturated heterocycles. The minimum Gasteiger partial charge on any atom is -0.397 e. The Kier molecular flexibility index (Phi) is 50.2. The van der Waals surface area contributed by atoms with Gasteiger partial charge in [0.2, 0.25) is 0 Å². The first-order chi connectivity index (χ1) is 3.33. The molecule has 0 amide bonds. The van der Waals surface area contributed by atoms with Gasteiger partial charge in [0.1, 0.15) is 0 Å². The molecule has 0 aliphatic rings. The fourth-order valence-electron chi connectivity index (χ4n) is 0. The van der Waals surface area contributed by atoms with E-state index in [2.05, 4.69) is 0 Å². The normalized spacial score (nSPS) is 6.00. The SMILES string of the molecule is CCCO.CCO.[MgH2]. The van der Waals surface area contributed by atoms with Crippen LogP contribution in [0, 0.1) is 0 Å². The summed E-state index contributed by atoms with van der Waals surface area (Å²) in [5.74, 6) is 0. The van der Waals surface area contributed by atoms with Crippen LogP contribution in [0.15, 0.2) is 0 Å². The summed E-state index contributed by atoms with van der Waals surface area (Å²) in [4.78, 5) is 0. The van der Waals surface area contributed by atoms with Crippen molar-refractivity contribution in [1.29, 1.82) is 0 Å². The van der Waals surface area contributed by atoms with Gasteiger partial charge < -0.3 is 10.2 Å². The molecule has 0 radical (unpaired) electrons. The van der Waals surface area contributed by atoms with E-state index in [1.807, 2.05) is 6.92 Å². The first-order valence-electron chi connectivity index (χ1n) is 2.55. The zero-order chi connectivity index (χ0) is 6.12. The van der Waals surface area contributed by atoms with Crippen LogP contribution in [0.25, 0.3) is 0 Å². The van der Waals surface area contributed by atoms with Crippen molar-refractivity contribution in [3.05, 3.63) is 0 Å². The fraction of sp³-hybridized carbons (Fsp3) is 1.00. The summed E-state index contributed by atoms with van der Waals surface area (Å²) in [5, 5.41) is 15.4. The van der Waals surface area contributed by atoms with Crippen LogP contribution < -0.4 is 0 Å². The van der Waals surface area contributed by atoms with Gasteiger partial charge in [0.05, 0.1) is 0 Å². The smallest absolute Gasteiger partial charge is 0.316 e. The van der Waals surface area contributed by atoms with E-state index in [0.29, 0.717) is 6.61 Å². The summed E-state index contributed by atoms with van der Waals surface area (Å²) < 4.78 is 0. The van der Waals surface area contributed by atoms with Crippen LogP contribution in [0.1, 0.15) is 20.3 Å². The molecule has 2 nitrogen and oxygen atoms in total. The Hall–Kier alpha value is 0.686. The zero-order valence-electron chi connectivity index (χ0n) is 5.02. The Bertz CT molecular complexity index is 17.9. The van der Waals surface area contributed by atoms with Crippen LogP contribution in [0.2, 0.25) is 0 Å². The third-order valence-corrected chi connectivity index (χ3v) is 0.224. The Morgan fingerprint density at radius 1 is 1.12 bits per heavy atom. The van der Waals surface area contributed by atoms with Crippen LogP contribution >= 0.6 is 0 Å². The van der Waals surface area contributed by atoms with Gasteiger partial charge in [-0.15, -0.1) is 0 Å². The summed E-state index contributed by atoms with van der Waals surface area (Å²) in [6, 6.07) is 0. The van der Waals surface area contributed by atoms with E-state index in [1.165, 1.54) is 0 Å². The molecule has 2 N–H and O–H groups in total. The van der Waals surface area contributed by atoms with Crippen molar-refractivity contribution in [2.24, 2.45) is 0 Å². The topological polar surface area (TPSA) is 40.5 Å². The Labute approximate surface area is 67.1 Å². The maximum Gasteiger partial charge on any atom is 0.316 e. The number of hydrogen-bond donors (Lipinski definition) is 2. The van der Waals surface area contributed by atoms with E-state index in [9.17, 15) is 0 Å².